The van der Waals surface area contributed by atoms with Crippen molar-refractivity contribution in [1.82, 2.24) is 15.1 Å². The lowest BCUT2D eigenvalue weighted by molar-refractivity contribution is 0.112. The number of nitrogens with one attached hydrogen (secondary N) is 1. The number of urea groups is 1. The van der Waals surface area contributed by atoms with E-state index in [1.807, 2.05) is 23.1 Å². The van der Waals surface area contributed by atoms with E-state index in [4.69, 9.17) is 9.47 Å². The van der Waals surface area contributed by atoms with E-state index in [2.05, 4.69) is 24.1 Å². The van der Waals surface area contributed by atoms with Crippen molar-refractivity contribution in [1.29, 1.82) is 0 Å². The molecule has 1 fully saturated rings. The highest BCUT2D eigenvalue weighted by atomic mass is 16.5. The van der Waals surface area contributed by atoms with Crippen molar-refractivity contribution in [2.24, 2.45) is 0 Å². The van der Waals surface area contributed by atoms with E-state index in [9.17, 15) is 4.79 Å². The summed E-state index contributed by atoms with van der Waals surface area (Å²) < 4.78 is 10.5. The van der Waals surface area contributed by atoms with E-state index in [0.717, 1.165) is 38.2 Å². The smallest absolute Gasteiger partial charge is 0.317 e. The molecule has 1 aromatic rings. The van der Waals surface area contributed by atoms with E-state index in [1.165, 1.54) is 0 Å². The van der Waals surface area contributed by atoms with Gasteiger partial charge in [-0.05, 0) is 31.0 Å². The zero-order valence-electron chi connectivity index (χ0n) is 15.2. The van der Waals surface area contributed by atoms with Crippen LogP contribution in [0.1, 0.15) is 25.8 Å². The third-order valence-electron chi connectivity index (χ3n) is 4.71. The second-order valence-corrected chi connectivity index (χ2v) is 6.13. The Morgan fingerprint density at radius 2 is 1.83 bits per heavy atom. The van der Waals surface area contributed by atoms with Crippen molar-refractivity contribution in [2.75, 3.05) is 40.4 Å². The number of rotatable bonds is 6. The summed E-state index contributed by atoms with van der Waals surface area (Å²) in [7, 11) is 3.22. The Balaban J connectivity index is 1.83. The number of ether oxygens (including phenoxy) is 2. The monoisotopic (exact) mass is 335 g/mol. The number of hydrogen-bond donors (Lipinski definition) is 1. The molecule has 2 amide bonds. The summed E-state index contributed by atoms with van der Waals surface area (Å²) in [4.78, 5) is 16.7. The summed E-state index contributed by atoms with van der Waals surface area (Å²) in [5.41, 5.74) is 0.985. The molecule has 0 aromatic heterocycles. The quantitative estimate of drug-likeness (QED) is 0.867. The van der Waals surface area contributed by atoms with Crippen molar-refractivity contribution in [3.05, 3.63) is 23.8 Å². The van der Waals surface area contributed by atoms with Crippen molar-refractivity contribution >= 4 is 6.03 Å². The number of carbonyl (C=O) groups excluding carboxylic acids is 1. The second-order valence-electron chi connectivity index (χ2n) is 6.13. The highest BCUT2D eigenvalue weighted by Crippen LogP contribution is 2.27. The Bertz CT molecular complexity index is 542. The van der Waals surface area contributed by atoms with Crippen molar-refractivity contribution in [2.45, 2.75) is 32.9 Å². The number of hydrogen-bond acceptors (Lipinski definition) is 4. The lowest BCUT2D eigenvalue weighted by atomic mass is 10.2. The number of benzene rings is 1. The first-order valence-corrected chi connectivity index (χ1v) is 8.56. The maximum Gasteiger partial charge on any atom is 0.317 e. The largest absolute Gasteiger partial charge is 0.493 e. The van der Waals surface area contributed by atoms with Crippen LogP contribution in [0.25, 0.3) is 0 Å². The summed E-state index contributed by atoms with van der Waals surface area (Å²) in [5.74, 6) is 1.36. The summed E-state index contributed by atoms with van der Waals surface area (Å²) >= 11 is 0. The van der Waals surface area contributed by atoms with Crippen LogP contribution in [0.3, 0.4) is 0 Å². The van der Waals surface area contributed by atoms with Crippen molar-refractivity contribution < 1.29 is 14.3 Å². The Labute approximate surface area is 144 Å². The van der Waals surface area contributed by atoms with Crippen LogP contribution in [0.5, 0.6) is 11.5 Å². The summed E-state index contributed by atoms with van der Waals surface area (Å²) in [5, 5.41) is 2.99. The van der Waals surface area contributed by atoms with Gasteiger partial charge in [0.2, 0.25) is 0 Å². The molecule has 0 bridgehead atoms. The van der Waals surface area contributed by atoms with E-state index in [-0.39, 0.29) is 6.03 Å². The Kier molecular flexibility index (Phi) is 6.73. The number of carbonyl (C=O) groups is 1. The minimum atomic E-state index is -0.00594. The Morgan fingerprint density at radius 3 is 2.42 bits per heavy atom. The molecule has 1 heterocycles. The van der Waals surface area contributed by atoms with Gasteiger partial charge in [0.05, 0.1) is 14.2 Å². The topological polar surface area (TPSA) is 54.0 Å². The average Bonchev–Trinajstić information content (AvgIpc) is 2.65. The van der Waals surface area contributed by atoms with Crippen LogP contribution in [0.2, 0.25) is 0 Å². The zero-order chi connectivity index (χ0) is 17.5. The lowest BCUT2D eigenvalue weighted by Gasteiger charge is -2.37. The van der Waals surface area contributed by atoms with Gasteiger partial charge in [-0.1, -0.05) is 13.0 Å². The Hall–Kier alpha value is -1.95. The van der Waals surface area contributed by atoms with Crippen molar-refractivity contribution in [3.8, 4) is 11.5 Å². The minimum absolute atomic E-state index is 0.00594. The first kappa shape index (κ1) is 18.4. The molecule has 24 heavy (non-hydrogen) atoms. The second kappa shape index (κ2) is 8.78. The van der Waals surface area contributed by atoms with Crippen LogP contribution in [-0.2, 0) is 6.54 Å². The molecule has 1 unspecified atom stereocenters. The fourth-order valence-corrected chi connectivity index (χ4v) is 2.90. The van der Waals surface area contributed by atoms with Gasteiger partial charge in [-0.15, -0.1) is 0 Å². The molecule has 0 saturated carbocycles. The van der Waals surface area contributed by atoms with E-state index in [0.29, 0.717) is 24.1 Å². The molecule has 0 radical (unpaired) electrons. The first-order chi connectivity index (χ1) is 11.6. The molecule has 134 valence electrons. The fraction of sp³-hybridized carbons (Fsp3) is 0.611. The third-order valence-corrected chi connectivity index (χ3v) is 4.71. The van der Waals surface area contributed by atoms with Gasteiger partial charge in [-0.25, -0.2) is 4.79 Å². The van der Waals surface area contributed by atoms with Gasteiger partial charge in [0.1, 0.15) is 0 Å². The molecule has 1 aromatic carbocycles. The molecule has 6 heteroatoms. The van der Waals surface area contributed by atoms with Gasteiger partial charge in [0.25, 0.3) is 0 Å². The summed E-state index contributed by atoms with van der Waals surface area (Å²) in [6, 6.07) is 6.25. The van der Waals surface area contributed by atoms with Gasteiger partial charge in [-0.2, -0.15) is 0 Å². The predicted octanol–water partition coefficient (Wildman–Crippen LogP) is 2.33. The minimum Gasteiger partial charge on any atom is -0.493 e. The number of piperazine rings is 1. The van der Waals surface area contributed by atoms with Gasteiger partial charge >= 0.3 is 6.03 Å². The van der Waals surface area contributed by atoms with Crippen LogP contribution in [-0.4, -0.2) is 62.3 Å². The van der Waals surface area contributed by atoms with E-state index < -0.39 is 0 Å². The van der Waals surface area contributed by atoms with Gasteiger partial charge in [-0.3, -0.25) is 4.90 Å². The van der Waals surface area contributed by atoms with Gasteiger partial charge in [0.15, 0.2) is 11.5 Å². The van der Waals surface area contributed by atoms with Crippen molar-refractivity contribution in [3.63, 3.8) is 0 Å². The molecule has 1 N–H and O–H groups in total. The lowest BCUT2D eigenvalue weighted by Crippen LogP contribution is -2.53. The van der Waals surface area contributed by atoms with Crippen LogP contribution in [0.15, 0.2) is 18.2 Å². The molecule has 6 nitrogen and oxygen atoms in total. The molecule has 1 atom stereocenters. The third kappa shape index (κ3) is 4.54. The van der Waals surface area contributed by atoms with Crippen LogP contribution in [0.4, 0.5) is 4.79 Å². The molecule has 2 rings (SSSR count). The highest BCUT2D eigenvalue weighted by molar-refractivity contribution is 5.74. The normalized spacial score (nSPS) is 16.6. The SMILES string of the molecule is CCC(C)N1CCN(C(=O)NCc2ccc(OC)c(OC)c2)CC1. The maximum absolute atomic E-state index is 12.3. The zero-order valence-corrected chi connectivity index (χ0v) is 15.2. The summed E-state index contributed by atoms with van der Waals surface area (Å²) in [6.07, 6.45) is 1.14. The maximum atomic E-state index is 12.3. The van der Waals surface area contributed by atoms with Crippen LogP contribution < -0.4 is 14.8 Å². The van der Waals surface area contributed by atoms with Gasteiger partial charge in [0, 0.05) is 38.8 Å². The predicted molar refractivity (Wildman–Crippen MR) is 94.7 cm³/mol. The first-order valence-electron chi connectivity index (χ1n) is 8.56. The molecule has 0 spiro atoms. The molecule has 1 aliphatic rings. The van der Waals surface area contributed by atoms with E-state index in [1.54, 1.807) is 14.2 Å². The number of nitrogens with zero attached hydrogens (tertiary/aromatic N) is 2. The molecule has 1 saturated heterocycles. The molecule has 1 aliphatic heterocycles. The van der Waals surface area contributed by atoms with Crippen LogP contribution >= 0.6 is 0 Å². The highest BCUT2D eigenvalue weighted by Gasteiger charge is 2.23. The number of amides is 2. The molecular formula is C18H29N3O3. The van der Waals surface area contributed by atoms with Gasteiger partial charge < -0.3 is 19.7 Å². The van der Waals surface area contributed by atoms with E-state index >= 15 is 0 Å². The molecular weight excluding hydrogens is 306 g/mol. The van der Waals surface area contributed by atoms with Crippen LogP contribution in [0, 0.1) is 0 Å². The number of methoxy groups -OCH3 is 2. The average molecular weight is 335 g/mol. The Morgan fingerprint density at radius 1 is 1.17 bits per heavy atom. The molecule has 0 aliphatic carbocycles. The fourth-order valence-electron chi connectivity index (χ4n) is 2.90. The standard InChI is InChI=1S/C18H29N3O3/c1-5-14(2)20-8-10-21(11-9-20)18(22)19-13-15-6-7-16(23-3)17(12-15)24-4/h6-7,12,14H,5,8-11,13H2,1-4H3,(H,19,22). The summed E-state index contributed by atoms with van der Waals surface area (Å²) in [6.45, 7) is 8.37.